The highest BCUT2D eigenvalue weighted by Crippen LogP contribution is 2.24. The minimum Gasteiger partial charge on any atom is -0.508 e. The highest BCUT2D eigenvalue weighted by Gasteiger charge is 2.38. The average molecular weight is 779 g/mol. The van der Waals surface area contributed by atoms with Crippen LogP contribution < -0.4 is 16.1 Å². The number of aromatic hydroxyl groups is 1. The number of esters is 1. The summed E-state index contributed by atoms with van der Waals surface area (Å²) >= 11 is 0. The summed E-state index contributed by atoms with van der Waals surface area (Å²) in [7, 11) is 0. The molecule has 3 unspecified atom stereocenters. The van der Waals surface area contributed by atoms with Gasteiger partial charge in [0.2, 0.25) is 11.8 Å². The number of ketones is 1. The van der Waals surface area contributed by atoms with Gasteiger partial charge in [0.25, 0.3) is 5.91 Å². The van der Waals surface area contributed by atoms with Gasteiger partial charge in [-0.3, -0.25) is 24.2 Å². The predicted octanol–water partition coefficient (Wildman–Crippen LogP) is 4.13. The van der Waals surface area contributed by atoms with Gasteiger partial charge in [0.15, 0.2) is 0 Å². The van der Waals surface area contributed by atoms with E-state index in [0.29, 0.717) is 24.8 Å². The summed E-state index contributed by atoms with van der Waals surface area (Å²) < 4.78 is 6.05. The summed E-state index contributed by atoms with van der Waals surface area (Å²) in [4.78, 5) is 67.9. The number of benzene rings is 1. The number of rotatable bonds is 10. The molecule has 3 rings (SSSR count). The highest BCUT2D eigenvalue weighted by atomic mass is 16.5. The van der Waals surface area contributed by atoms with Crippen molar-refractivity contribution in [2.75, 3.05) is 6.54 Å². The lowest BCUT2D eigenvalue weighted by Crippen LogP contribution is -2.62. The van der Waals surface area contributed by atoms with Crippen LogP contribution in [0.1, 0.15) is 92.1 Å². The second-order valence-electron chi connectivity index (χ2n) is 15.3. The lowest BCUT2D eigenvalue weighted by atomic mass is 9.84. The molecule has 0 spiro atoms. The van der Waals surface area contributed by atoms with Gasteiger partial charge in [0.05, 0.1) is 18.1 Å². The Morgan fingerprint density at radius 1 is 1.07 bits per heavy atom. The molecule has 1 aromatic rings. The number of hydrogen-bond acceptors (Lipinski definition) is 10. The number of unbranched alkanes of at least 4 members (excludes halogenated alkanes) is 1. The van der Waals surface area contributed by atoms with Crippen LogP contribution >= 0.6 is 0 Å². The molecule has 0 saturated carbocycles. The second-order valence-corrected chi connectivity index (χ2v) is 15.3. The Morgan fingerprint density at radius 3 is 2.50 bits per heavy atom. The van der Waals surface area contributed by atoms with Gasteiger partial charge in [0, 0.05) is 31.7 Å². The molecule has 3 amide bonds. The summed E-state index contributed by atoms with van der Waals surface area (Å²) in [5.74, 6) is -5.08. The molecule has 2 bridgehead atoms. The average Bonchev–Trinajstić information content (AvgIpc) is 3.16. The first-order chi connectivity index (χ1) is 26.6. The van der Waals surface area contributed by atoms with Crippen LogP contribution in [0, 0.1) is 17.8 Å². The van der Waals surface area contributed by atoms with Crippen molar-refractivity contribution >= 4 is 29.5 Å². The number of hydrogen-bond donors (Lipinski definition) is 6. The maximum atomic E-state index is 14.3. The van der Waals surface area contributed by atoms with Crippen LogP contribution in [0.4, 0.5) is 0 Å². The molecule has 1 fully saturated rings. The smallest absolute Gasteiger partial charge is 0.325 e. The minimum absolute atomic E-state index is 0.00654. The van der Waals surface area contributed by atoms with Crippen molar-refractivity contribution in [1.29, 1.82) is 0 Å². The van der Waals surface area contributed by atoms with Gasteiger partial charge < -0.3 is 35.5 Å². The number of hydrazine groups is 1. The highest BCUT2D eigenvalue weighted by molar-refractivity contribution is 5.93. The van der Waals surface area contributed by atoms with Gasteiger partial charge in [-0.1, -0.05) is 88.8 Å². The maximum Gasteiger partial charge on any atom is 0.325 e. The maximum absolute atomic E-state index is 14.3. The van der Waals surface area contributed by atoms with Crippen molar-refractivity contribution in [1.82, 2.24) is 21.1 Å². The zero-order valence-corrected chi connectivity index (χ0v) is 33.6. The fourth-order valence-electron chi connectivity index (χ4n) is 6.64. The molecule has 56 heavy (non-hydrogen) atoms. The number of phenols is 1. The van der Waals surface area contributed by atoms with Crippen molar-refractivity contribution in [2.45, 2.75) is 129 Å². The minimum atomic E-state index is -1.39. The summed E-state index contributed by atoms with van der Waals surface area (Å²) in [6, 6.07) is 3.12. The number of carbonyl (C=O) groups is 5. The number of nitrogens with zero attached hydrogens (tertiary/aromatic N) is 1. The van der Waals surface area contributed by atoms with E-state index in [0.717, 1.165) is 18.4 Å². The van der Waals surface area contributed by atoms with E-state index in [4.69, 9.17) is 4.74 Å². The number of amides is 3. The summed E-state index contributed by atoms with van der Waals surface area (Å²) in [5.41, 5.74) is 4.39. The number of Topliss-reactive ketones (excluding diaryl/α,β-unsaturated/α-hetero) is 1. The Balaban J connectivity index is 2.07. The third-order valence-electron chi connectivity index (χ3n) is 10.2. The van der Waals surface area contributed by atoms with Crippen LogP contribution in [-0.2, 0) is 35.1 Å². The van der Waals surface area contributed by atoms with Crippen LogP contribution in [-0.4, -0.2) is 92.8 Å². The van der Waals surface area contributed by atoms with Crippen molar-refractivity contribution in [2.24, 2.45) is 17.8 Å². The van der Waals surface area contributed by atoms with E-state index in [-0.39, 0.29) is 37.3 Å². The number of fused-ring (bicyclic) bond motifs is 2. The van der Waals surface area contributed by atoms with Gasteiger partial charge in [0.1, 0.15) is 35.8 Å². The first-order valence-electron chi connectivity index (χ1n) is 19.8. The summed E-state index contributed by atoms with van der Waals surface area (Å²) in [5, 5.41) is 39.5. The number of aliphatic hydroxyl groups excluding tert-OH is 2. The van der Waals surface area contributed by atoms with Crippen LogP contribution in [0.15, 0.2) is 72.4 Å². The van der Waals surface area contributed by atoms with Crippen molar-refractivity contribution in [3.8, 4) is 5.75 Å². The molecule has 2 aliphatic rings. The van der Waals surface area contributed by atoms with Gasteiger partial charge in [-0.05, 0) is 68.7 Å². The van der Waals surface area contributed by atoms with Gasteiger partial charge >= 0.3 is 5.97 Å². The van der Waals surface area contributed by atoms with E-state index >= 15 is 0 Å². The Labute approximate surface area is 331 Å². The van der Waals surface area contributed by atoms with E-state index < -0.39 is 77.9 Å². The monoisotopic (exact) mass is 778 g/mol. The third-order valence-corrected chi connectivity index (χ3v) is 10.2. The number of ether oxygens (including phenoxy) is 1. The first kappa shape index (κ1) is 45.8. The molecule has 8 atom stereocenters. The number of allylic oxidation sites excluding steroid dienone is 5. The molecule has 13 nitrogen and oxygen atoms in total. The normalized spacial score (nSPS) is 29.2. The number of aliphatic hydroxyl groups is 2. The largest absolute Gasteiger partial charge is 0.508 e. The molecule has 308 valence electrons. The van der Waals surface area contributed by atoms with Crippen LogP contribution in [0.5, 0.6) is 5.75 Å². The molecule has 0 aliphatic carbocycles. The topological polar surface area (TPSA) is 195 Å². The molecule has 2 aliphatic heterocycles. The summed E-state index contributed by atoms with van der Waals surface area (Å²) in [6.45, 7) is 10.6. The predicted molar refractivity (Wildman–Crippen MR) is 214 cm³/mol. The van der Waals surface area contributed by atoms with Crippen molar-refractivity contribution in [3.63, 3.8) is 0 Å². The van der Waals surface area contributed by atoms with E-state index in [1.165, 1.54) is 30.1 Å². The molecule has 2 heterocycles. The Bertz CT molecular complexity index is 1620. The number of nitrogens with one attached hydrogen (secondary N) is 3. The quantitative estimate of drug-likeness (QED) is 0.149. The van der Waals surface area contributed by atoms with Crippen molar-refractivity contribution in [3.05, 3.63) is 77.9 Å². The molecule has 13 heteroatoms. The van der Waals surface area contributed by atoms with Crippen LogP contribution in [0.3, 0.4) is 0 Å². The SMILES string of the molecule is CCC/C=C/C=C(\C)C1C/C=C/C=C/C(O)[C@H](C)[C@@H](O)[C@@H](CCC(C)=O)C(=O)N[C@@H](C(C)C)C(=O)NC(Cc2cccc(O)c2)C(=O)N2CCC[C@H](N2)C(=O)O1. The molecule has 0 radical (unpaired) electrons. The molecule has 0 aromatic heterocycles. The van der Waals surface area contributed by atoms with Gasteiger partial charge in [-0.2, -0.15) is 0 Å². The van der Waals surface area contributed by atoms with Crippen molar-refractivity contribution < 1.29 is 44.0 Å². The van der Waals surface area contributed by atoms with Crippen LogP contribution in [0.25, 0.3) is 0 Å². The Morgan fingerprint density at radius 2 is 1.82 bits per heavy atom. The lowest BCUT2D eigenvalue weighted by Gasteiger charge is -2.36. The molecule has 1 aromatic carbocycles. The second kappa shape index (κ2) is 22.8. The fourth-order valence-corrected chi connectivity index (χ4v) is 6.64. The third kappa shape index (κ3) is 14.2. The zero-order chi connectivity index (χ0) is 41.4. The van der Waals surface area contributed by atoms with E-state index in [1.54, 1.807) is 51.1 Å². The summed E-state index contributed by atoms with van der Waals surface area (Å²) in [6.07, 6.45) is 12.3. The molecular weight excluding hydrogens is 716 g/mol. The Kier molecular flexibility index (Phi) is 18.7. The van der Waals surface area contributed by atoms with Gasteiger partial charge in [-0.25, -0.2) is 5.43 Å². The number of cyclic esters (lactones) is 1. The van der Waals surface area contributed by atoms with E-state index in [1.807, 2.05) is 25.2 Å². The molecule has 1 saturated heterocycles. The molecule has 6 N–H and O–H groups in total. The number of phenolic OH excluding ortho intramolecular Hbond substituents is 1. The number of carbonyl (C=O) groups excluding carboxylic acids is 5. The zero-order valence-electron chi connectivity index (χ0n) is 33.6. The first-order valence-corrected chi connectivity index (χ1v) is 19.8. The molecular formula is C43H62N4O9. The van der Waals surface area contributed by atoms with Crippen LogP contribution in [0.2, 0.25) is 0 Å². The lowest BCUT2D eigenvalue weighted by molar-refractivity contribution is -0.156. The Hall–Kier alpha value is -4.59. The standard InChI is InChI=1S/C43H62N4O9/c1-7-8-9-11-16-28(4)37-21-13-10-12-20-36(50)30(6)39(51)33(23-22-29(5)48)40(52)45-38(27(2)3)41(53)44-35(26-31-17-14-18-32(49)25-31)42(54)47-24-15-19-34(46-47)43(55)56-37/h9-14,16-18,20,25,27,30,33-39,46,49-51H,7-8,15,19,21-24,26H2,1-6H3,(H,44,53)(H,45,52)/b11-9+,13-10+,20-12+,28-16+/t30-,33+,34-,35?,36?,37?,38-,39+/m0/s1. The van der Waals surface area contributed by atoms with E-state index in [2.05, 4.69) is 23.0 Å². The van der Waals surface area contributed by atoms with E-state index in [9.17, 15) is 39.3 Å². The fraction of sp³-hybridized carbons (Fsp3) is 0.558. The van der Waals surface area contributed by atoms with Gasteiger partial charge in [-0.15, -0.1) is 0 Å².